The molecule has 0 fully saturated rings. The molecule has 0 unspecified atom stereocenters. The van der Waals surface area contributed by atoms with Crippen LogP contribution in [0.15, 0.2) is 42.5 Å². The highest BCUT2D eigenvalue weighted by atomic mass is 19.1. The first-order valence-corrected chi connectivity index (χ1v) is 5.09. The molecule has 4 heteroatoms. The highest BCUT2D eigenvalue weighted by Crippen LogP contribution is 2.13. The number of hydrogen-bond donors (Lipinski definition) is 1. The Bertz CT molecular complexity index is 540. The molecule has 0 aliphatic carbocycles. The normalized spacial score (nSPS) is 10.2. The molecule has 0 radical (unpaired) electrons. The maximum absolute atomic E-state index is 13.0. The van der Waals surface area contributed by atoms with Gasteiger partial charge in [-0.25, -0.2) is 9.78 Å². The van der Waals surface area contributed by atoms with Crippen LogP contribution < -0.4 is 0 Å². The van der Waals surface area contributed by atoms with Gasteiger partial charge in [0.1, 0.15) is 0 Å². The molecule has 0 saturated heterocycles. The van der Waals surface area contributed by atoms with Gasteiger partial charge in [0.15, 0.2) is 0 Å². The summed E-state index contributed by atoms with van der Waals surface area (Å²) < 4.78 is 13.0. The van der Waals surface area contributed by atoms with E-state index >= 15 is 0 Å². The summed E-state index contributed by atoms with van der Waals surface area (Å²) in [6, 6.07) is 11.5. The highest BCUT2D eigenvalue weighted by Gasteiger charge is 2.12. The van der Waals surface area contributed by atoms with Crippen molar-refractivity contribution in [2.75, 3.05) is 0 Å². The Labute approximate surface area is 97.6 Å². The molecule has 1 heterocycles. The largest absolute Gasteiger partial charge is 0.478 e. The van der Waals surface area contributed by atoms with Gasteiger partial charge in [0.05, 0.1) is 11.3 Å². The average molecular weight is 231 g/mol. The van der Waals surface area contributed by atoms with Crippen molar-refractivity contribution in [1.82, 2.24) is 4.98 Å². The van der Waals surface area contributed by atoms with Gasteiger partial charge >= 0.3 is 5.97 Å². The highest BCUT2D eigenvalue weighted by molar-refractivity contribution is 5.88. The topological polar surface area (TPSA) is 50.2 Å². The fraction of sp³-hybridized carbons (Fsp3) is 0.0769. The fourth-order valence-corrected chi connectivity index (χ4v) is 1.59. The van der Waals surface area contributed by atoms with E-state index in [1.165, 1.54) is 6.07 Å². The van der Waals surface area contributed by atoms with E-state index < -0.39 is 11.9 Å². The molecule has 17 heavy (non-hydrogen) atoms. The smallest absolute Gasteiger partial charge is 0.337 e. The molecular weight excluding hydrogens is 221 g/mol. The summed E-state index contributed by atoms with van der Waals surface area (Å²) in [6.45, 7) is 0. The van der Waals surface area contributed by atoms with Crippen LogP contribution in [-0.4, -0.2) is 16.1 Å². The average Bonchev–Trinajstić information content (AvgIpc) is 2.30. The lowest BCUT2D eigenvalue weighted by Gasteiger charge is -2.05. The molecule has 1 N–H and O–H groups in total. The van der Waals surface area contributed by atoms with E-state index in [4.69, 9.17) is 5.11 Å². The number of carboxylic acid groups (broad SMARTS) is 1. The Morgan fingerprint density at radius 3 is 2.53 bits per heavy atom. The molecule has 1 aromatic carbocycles. The number of halogens is 1. The third-order valence-corrected chi connectivity index (χ3v) is 2.38. The number of aromatic nitrogens is 1. The Kier molecular flexibility index (Phi) is 3.14. The van der Waals surface area contributed by atoms with Gasteiger partial charge in [-0.2, -0.15) is 4.39 Å². The molecule has 0 atom stereocenters. The van der Waals surface area contributed by atoms with Gasteiger partial charge in [-0.3, -0.25) is 0 Å². The molecule has 0 saturated carbocycles. The zero-order chi connectivity index (χ0) is 12.3. The number of rotatable bonds is 3. The summed E-state index contributed by atoms with van der Waals surface area (Å²) in [5.41, 5.74) is 1.17. The van der Waals surface area contributed by atoms with Crippen LogP contribution in [0.2, 0.25) is 0 Å². The number of hydrogen-bond acceptors (Lipinski definition) is 2. The van der Waals surface area contributed by atoms with Crippen LogP contribution in [-0.2, 0) is 6.42 Å². The minimum absolute atomic E-state index is 0.0373. The summed E-state index contributed by atoms with van der Waals surface area (Å²) in [5.74, 6) is -1.76. The Balaban J connectivity index is 2.37. The number of pyridine rings is 1. The van der Waals surface area contributed by atoms with Gasteiger partial charge in [-0.1, -0.05) is 30.3 Å². The first-order valence-electron chi connectivity index (χ1n) is 5.09. The van der Waals surface area contributed by atoms with E-state index in [1.807, 2.05) is 30.3 Å². The molecule has 3 nitrogen and oxygen atoms in total. The van der Waals surface area contributed by atoms with Crippen molar-refractivity contribution in [2.45, 2.75) is 6.42 Å². The van der Waals surface area contributed by atoms with E-state index in [9.17, 15) is 9.18 Å². The number of nitrogens with zero attached hydrogens (tertiary/aromatic N) is 1. The Morgan fingerprint density at radius 2 is 1.88 bits per heavy atom. The van der Waals surface area contributed by atoms with Crippen LogP contribution in [0.4, 0.5) is 4.39 Å². The van der Waals surface area contributed by atoms with E-state index in [1.54, 1.807) is 0 Å². The van der Waals surface area contributed by atoms with Gasteiger partial charge in [-0.15, -0.1) is 0 Å². The fourth-order valence-electron chi connectivity index (χ4n) is 1.59. The molecule has 0 bridgehead atoms. The molecular formula is C13H10FNO2. The molecule has 0 aliphatic heterocycles. The van der Waals surface area contributed by atoms with Crippen molar-refractivity contribution in [1.29, 1.82) is 0 Å². The first kappa shape index (κ1) is 11.3. The van der Waals surface area contributed by atoms with Crippen LogP contribution in [0.1, 0.15) is 21.6 Å². The molecule has 2 rings (SSSR count). The molecule has 0 amide bonds. The van der Waals surface area contributed by atoms with Crippen LogP contribution in [0, 0.1) is 5.95 Å². The van der Waals surface area contributed by atoms with Crippen LogP contribution in [0.5, 0.6) is 0 Å². The van der Waals surface area contributed by atoms with Crippen molar-refractivity contribution < 1.29 is 14.3 Å². The lowest BCUT2D eigenvalue weighted by atomic mass is 10.1. The predicted octanol–water partition coefficient (Wildman–Crippen LogP) is 2.51. The van der Waals surface area contributed by atoms with Gasteiger partial charge in [0.25, 0.3) is 0 Å². The van der Waals surface area contributed by atoms with Crippen molar-refractivity contribution in [3.63, 3.8) is 0 Å². The number of aromatic carboxylic acids is 1. The number of carboxylic acids is 1. The van der Waals surface area contributed by atoms with Gasteiger partial charge in [0.2, 0.25) is 5.95 Å². The van der Waals surface area contributed by atoms with Gasteiger partial charge in [0, 0.05) is 6.42 Å². The standard InChI is InChI=1S/C13H10FNO2/c14-12-7-6-10(13(16)17)11(15-12)8-9-4-2-1-3-5-9/h1-7H,8H2,(H,16,17). The molecule has 2 aromatic rings. The lowest BCUT2D eigenvalue weighted by molar-refractivity contribution is 0.0695. The van der Waals surface area contributed by atoms with Crippen LogP contribution in [0.3, 0.4) is 0 Å². The zero-order valence-corrected chi connectivity index (χ0v) is 8.93. The van der Waals surface area contributed by atoms with E-state index in [0.29, 0.717) is 6.42 Å². The molecule has 0 aliphatic rings. The first-order chi connectivity index (χ1) is 8.16. The third-order valence-electron chi connectivity index (χ3n) is 2.38. The predicted molar refractivity (Wildman–Crippen MR) is 60.4 cm³/mol. The van der Waals surface area contributed by atoms with Gasteiger partial charge < -0.3 is 5.11 Å². The lowest BCUT2D eigenvalue weighted by Crippen LogP contribution is -2.06. The molecule has 1 aromatic heterocycles. The van der Waals surface area contributed by atoms with Crippen molar-refractivity contribution >= 4 is 5.97 Å². The van der Waals surface area contributed by atoms with Crippen molar-refractivity contribution in [3.8, 4) is 0 Å². The summed E-state index contributed by atoms with van der Waals surface area (Å²) >= 11 is 0. The number of carbonyl (C=O) groups is 1. The van der Waals surface area contributed by atoms with Crippen molar-refractivity contribution in [2.24, 2.45) is 0 Å². The summed E-state index contributed by atoms with van der Waals surface area (Å²) in [6.07, 6.45) is 0.306. The number of benzene rings is 1. The molecule has 0 spiro atoms. The summed E-state index contributed by atoms with van der Waals surface area (Å²) in [4.78, 5) is 14.6. The third kappa shape index (κ3) is 2.66. The maximum atomic E-state index is 13.0. The van der Waals surface area contributed by atoms with Crippen LogP contribution >= 0.6 is 0 Å². The monoisotopic (exact) mass is 231 g/mol. The quantitative estimate of drug-likeness (QED) is 0.826. The Hall–Kier alpha value is -2.23. The van der Waals surface area contributed by atoms with E-state index in [-0.39, 0.29) is 11.3 Å². The van der Waals surface area contributed by atoms with Crippen LogP contribution in [0.25, 0.3) is 0 Å². The minimum atomic E-state index is -1.09. The van der Waals surface area contributed by atoms with Crippen molar-refractivity contribution in [3.05, 3.63) is 65.2 Å². The maximum Gasteiger partial charge on any atom is 0.337 e. The summed E-state index contributed by atoms with van der Waals surface area (Å²) in [7, 11) is 0. The second-order valence-corrected chi connectivity index (χ2v) is 3.60. The second-order valence-electron chi connectivity index (χ2n) is 3.60. The zero-order valence-electron chi connectivity index (χ0n) is 8.93. The minimum Gasteiger partial charge on any atom is -0.478 e. The van der Waals surface area contributed by atoms with E-state index in [0.717, 1.165) is 11.6 Å². The SMILES string of the molecule is O=C(O)c1ccc(F)nc1Cc1ccccc1. The second kappa shape index (κ2) is 4.74. The Morgan fingerprint density at radius 1 is 1.18 bits per heavy atom. The van der Waals surface area contributed by atoms with Gasteiger partial charge in [-0.05, 0) is 17.7 Å². The summed E-state index contributed by atoms with van der Waals surface area (Å²) in [5, 5.41) is 8.97. The molecule has 86 valence electrons. The van der Waals surface area contributed by atoms with E-state index in [2.05, 4.69) is 4.98 Å².